The average Bonchev–Trinajstić information content (AvgIpc) is 2.70. The summed E-state index contributed by atoms with van der Waals surface area (Å²) >= 11 is 0. The van der Waals surface area contributed by atoms with E-state index in [0.29, 0.717) is 19.3 Å². The third-order valence-corrected chi connectivity index (χ3v) is 5.94. The fourth-order valence-electron chi connectivity index (χ4n) is 4.19. The smallest absolute Gasteiger partial charge is 0.240 e. The molecule has 1 saturated heterocycles. The van der Waals surface area contributed by atoms with Gasteiger partial charge in [0, 0.05) is 32.8 Å². The Labute approximate surface area is 163 Å². The SMILES string of the molecule is NC1(C(=O)NCCCOC2CCN(Cc3ccccc3)CC2)CCCCC1. The summed E-state index contributed by atoms with van der Waals surface area (Å²) in [5, 5.41) is 3.01. The van der Waals surface area contributed by atoms with Gasteiger partial charge in [0.1, 0.15) is 0 Å². The van der Waals surface area contributed by atoms with Gasteiger partial charge >= 0.3 is 0 Å². The lowest BCUT2D eigenvalue weighted by molar-refractivity contribution is -0.127. The fraction of sp³-hybridized carbons (Fsp3) is 0.682. The minimum Gasteiger partial charge on any atom is -0.378 e. The summed E-state index contributed by atoms with van der Waals surface area (Å²) in [5.74, 6) is 0.0245. The van der Waals surface area contributed by atoms with Crippen LogP contribution < -0.4 is 11.1 Å². The minimum atomic E-state index is -0.634. The van der Waals surface area contributed by atoms with Crippen molar-refractivity contribution in [2.75, 3.05) is 26.2 Å². The Bertz CT molecular complexity index is 564. The third kappa shape index (κ3) is 6.30. The highest BCUT2D eigenvalue weighted by atomic mass is 16.5. The maximum atomic E-state index is 12.3. The van der Waals surface area contributed by atoms with Gasteiger partial charge in [-0.25, -0.2) is 0 Å². The molecule has 1 saturated carbocycles. The fourth-order valence-corrected chi connectivity index (χ4v) is 4.19. The van der Waals surface area contributed by atoms with Crippen molar-refractivity contribution in [1.29, 1.82) is 0 Å². The molecule has 2 aliphatic rings. The van der Waals surface area contributed by atoms with Crippen LogP contribution in [0.1, 0.15) is 56.9 Å². The van der Waals surface area contributed by atoms with Crippen LogP contribution in [0.2, 0.25) is 0 Å². The number of nitrogens with two attached hydrogens (primary N) is 1. The number of carbonyl (C=O) groups is 1. The molecule has 3 N–H and O–H groups in total. The lowest BCUT2D eigenvalue weighted by Gasteiger charge is -2.32. The Hall–Kier alpha value is -1.43. The minimum absolute atomic E-state index is 0.0245. The van der Waals surface area contributed by atoms with Crippen LogP contribution in [0.15, 0.2) is 30.3 Å². The van der Waals surface area contributed by atoms with E-state index >= 15 is 0 Å². The van der Waals surface area contributed by atoms with Gasteiger partial charge in [-0.05, 0) is 37.7 Å². The van der Waals surface area contributed by atoms with Crippen molar-refractivity contribution in [3.8, 4) is 0 Å². The molecule has 0 bridgehead atoms. The van der Waals surface area contributed by atoms with Gasteiger partial charge in [0.15, 0.2) is 0 Å². The number of amides is 1. The van der Waals surface area contributed by atoms with E-state index < -0.39 is 5.54 Å². The monoisotopic (exact) mass is 373 g/mol. The van der Waals surface area contributed by atoms with Gasteiger partial charge in [0.05, 0.1) is 11.6 Å². The van der Waals surface area contributed by atoms with Gasteiger partial charge in [0.25, 0.3) is 0 Å². The standard InChI is InChI=1S/C22H35N3O2/c23-22(12-5-2-6-13-22)21(26)24-14-7-17-27-20-10-15-25(16-11-20)18-19-8-3-1-4-9-19/h1,3-4,8-9,20H,2,5-7,10-18,23H2,(H,24,26). The van der Waals surface area contributed by atoms with E-state index in [1.807, 2.05) is 0 Å². The Morgan fingerprint density at radius 1 is 1.15 bits per heavy atom. The van der Waals surface area contributed by atoms with Gasteiger partial charge in [-0.3, -0.25) is 9.69 Å². The second kappa shape index (κ2) is 10.2. The van der Waals surface area contributed by atoms with E-state index in [1.165, 1.54) is 12.0 Å². The lowest BCUT2D eigenvalue weighted by atomic mass is 9.82. The molecule has 2 fully saturated rings. The highest BCUT2D eigenvalue weighted by Gasteiger charge is 2.34. The second-order valence-electron chi connectivity index (χ2n) is 8.16. The van der Waals surface area contributed by atoms with Gasteiger partial charge < -0.3 is 15.8 Å². The topological polar surface area (TPSA) is 67.6 Å². The van der Waals surface area contributed by atoms with Crippen LogP contribution in [0, 0.1) is 0 Å². The molecule has 0 aromatic heterocycles. The third-order valence-electron chi connectivity index (χ3n) is 5.94. The molecule has 27 heavy (non-hydrogen) atoms. The van der Waals surface area contributed by atoms with Gasteiger partial charge in [-0.1, -0.05) is 49.6 Å². The van der Waals surface area contributed by atoms with Crippen LogP contribution in [0.4, 0.5) is 0 Å². The van der Waals surface area contributed by atoms with Crippen LogP contribution in [-0.2, 0) is 16.1 Å². The van der Waals surface area contributed by atoms with E-state index in [0.717, 1.165) is 64.6 Å². The van der Waals surface area contributed by atoms with E-state index in [4.69, 9.17) is 10.5 Å². The highest BCUT2D eigenvalue weighted by molar-refractivity contribution is 5.86. The molecular formula is C22H35N3O2. The average molecular weight is 374 g/mol. The summed E-state index contributed by atoms with van der Waals surface area (Å²) in [4.78, 5) is 14.8. The zero-order valence-corrected chi connectivity index (χ0v) is 16.5. The van der Waals surface area contributed by atoms with Crippen molar-refractivity contribution in [2.45, 2.75) is 69.6 Å². The van der Waals surface area contributed by atoms with E-state index in [2.05, 4.69) is 40.5 Å². The summed E-state index contributed by atoms with van der Waals surface area (Å²) in [6.45, 7) is 4.57. The number of nitrogens with one attached hydrogen (secondary N) is 1. The Morgan fingerprint density at radius 3 is 2.56 bits per heavy atom. The predicted molar refractivity (Wildman–Crippen MR) is 108 cm³/mol. The van der Waals surface area contributed by atoms with Crippen molar-refractivity contribution in [3.05, 3.63) is 35.9 Å². The number of rotatable bonds is 8. The molecule has 3 rings (SSSR count). The summed E-state index contributed by atoms with van der Waals surface area (Å²) in [7, 11) is 0. The number of hydrogen-bond acceptors (Lipinski definition) is 4. The normalized spacial score (nSPS) is 21.1. The quantitative estimate of drug-likeness (QED) is 0.688. The van der Waals surface area contributed by atoms with E-state index in [1.54, 1.807) is 0 Å². The molecule has 1 heterocycles. The largest absolute Gasteiger partial charge is 0.378 e. The Balaban J connectivity index is 1.25. The highest BCUT2D eigenvalue weighted by Crippen LogP contribution is 2.25. The number of benzene rings is 1. The summed E-state index contributed by atoms with van der Waals surface area (Å²) < 4.78 is 6.02. The number of hydrogen-bond donors (Lipinski definition) is 2. The summed E-state index contributed by atoms with van der Waals surface area (Å²) in [6.07, 6.45) is 8.35. The van der Waals surface area contributed by atoms with Gasteiger partial charge in [-0.15, -0.1) is 0 Å². The summed E-state index contributed by atoms with van der Waals surface area (Å²) in [6, 6.07) is 10.6. The molecule has 150 valence electrons. The number of ether oxygens (including phenoxy) is 1. The predicted octanol–water partition coefficient (Wildman–Crippen LogP) is 2.84. The maximum Gasteiger partial charge on any atom is 0.240 e. The Kier molecular flexibility index (Phi) is 7.68. The first-order valence-electron chi connectivity index (χ1n) is 10.6. The van der Waals surface area contributed by atoms with Crippen molar-refractivity contribution in [2.24, 2.45) is 5.73 Å². The van der Waals surface area contributed by atoms with Crippen LogP contribution >= 0.6 is 0 Å². The van der Waals surface area contributed by atoms with Crippen molar-refractivity contribution < 1.29 is 9.53 Å². The first kappa shape index (κ1) is 20.3. The zero-order valence-electron chi connectivity index (χ0n) is 16.5. The molecule has 5 nitrogen and oxygen atoms in total. The number of nitrogens with zero attached hydrogens (tertiary/aromatic N) is 1. The molecule has 0 atom stereocenters. The van der Waals surface area contributed by atoms with Crippen LogP contribution in [-0.4, -0.2) is 48.7 Å². The van der Waals surface area contributed by atoms with Gasteiger partial charge in [-0.2, -0.15) is 0 Å². The molecular weight excluding hydrogens is 338 g/mol. The molecule has 5 heteroatoms. The van der Waals surface area contributed by atoms with Crippen LogP contribution in [0.5, 0.6) is 0 Å². The zero-order chi connectivity index (χ0) is 19.0. The number of piperidine rings is 1. The molecule has 1 aliphatic carbocycles. The molecule has 1 amide bonds. The summed E-state index contributed by atoms with van der Waals surface area (Å²) in [5.41, 5.74) is 7.00. The maximum absolute atomic E-state index is 12.3. The molecule has 1 aliphatic heterocycles. The molecule has 1 aromatic rings. The first-order chi connectivity index (χ1) is 13.2. The van der Waals surface area contributed by atoms with Crippen molar-refractivity contribution >= 4 is 5.91 Å². The van der Waals surface area contributed by atoms with E-state index in [9.17, 15) is 4.79 Å². The molecule has 0 unspecified atom stereocenters. The van der Waals surface area contributed by atoms with Crippen molar-refractivity contribution in [1.82, 2.24) is 10.2 Å². The number of likely N-dealkylation sites (tertiary alicyclic amines) is 1. The first-order valence-corrected chi connectivity index (χ1v) is 10.6. The molecule has 0 radical (unpaired) electrons. The van der Waals surface area contributed by atoms with Crippen molar-refractivity contribution in [3.63, 3.8) is 0 Å². The second-order valence-corrected chi connectivity index (χ2v) is 8.16. The molecule has 0 spiro atoms. The van der Waals surface area contributed by atoms with Crippen LogP contribution in [0.25, 0.3) is 0 Å². The lowest BCUT2D eigenvalue weighted by Crippen LogP contribution is -2.55. The van der Waals surface area contributed by atoms with Gasteiger partial charge in [0.2, 0.25) is 5.91 Å². The number of carbonyl (C=O) groups excluding carboxylic acids is 1. The van der Waals surface area contributed by atoms with E-state index in [-0.39, 0.29) is 5.91 Å². The van der Waals surface area contributed by atoms with Crippen LogP contribution in [0.3, 0.4) is 0 Å². The Morgan fingerprint density at radius 2 is 1.85 bits per heavy atom. The molecule has 1 aromatic carbocycles.